The van der Waals surface area contributed by atoms with Gasteiger partial charge in [-0.1, -0.05) is 29.8 Å². The molecule has 0 aliphatic rings. The van der Waals surface area contributed by atoms with Crippen molar-refractivity contribution in [3.05, 3.63) is 76.3 Å². The van der Waals surface area contributed by atoms with E-state index in [4.69, 9.17) is 4.74 Å². The third kappa shape index (κ3) is 3.92. The Morgan fingerprint density at radius 2 is 1.76 bits per heavy atom. The minimum absolute atomic E-state index is 0.145. The number of H-pyrrole nitrogens is 1. The highest BCUT2D eigenvalue weighted by Crippen LogP contribution is 2.18. The normalized spacial score (nSPS) is 10.3. The van der Waals surface area contributed by atoms with E-state index in [2.05, 4.69) is 15.3 Å². The van der Waals surface area contributed by atoms with Crippen LogP contribution in [-0.2, 0) is 0 Å². The van der Waals surface area contributed by atoms with Crippen LogP contribution in [-0.4, -0.2) is 23.0 Å². The molecule has 0 aliphatic carbocycles. The second-order valence-electron chi connectivity index (χ2n) is 5.53. The van der Waals surface area contributed by atoms with Gasteiger partial charge in [-0.3, -0.25) is 4.79 Å². The van der Waals surface area contributed by atoms with Crippen LogP contribution in [0.15, 0.2) is 59.4 Å². The molecule has 0 fully saturated rings. The number of aryl methyl sites for hydroxylation is 1. The third-order valence-corrected chi connectivity index (χ3v) is 3.68. The Morgan fingerprint density at radius 3 is 2.40 bits per heavy atom. The Labute approximate surface area is 144 Å². The maximum atomic E-state index is 12.4. The molecule has 1 amide bonds. The van der Waals surface area contributed by atoms with Gasteiger partial charge in [-0.05, 0) is 37.3 Å². The molecule has 0 radical (unpaired) electrons. The van der Waals surface area contributed by atoms with Crippen LogP contribution < -0.4 is 15.7 Å². The Kier molecular flexibility index (Phi) is 4.61. The number of hydrogen-bond donors (Lipinski definition) is 2. The second kappa shape index (κ2) is 7.00. The van der Waals surface area contributed by atoms with Gasteiger partial charge in [0.15, 0.2) is 0 Å². The molecule has 0 unspecified atom stereocenters. The summed E-state index contributed by atoms with van der Waals surface area (Å²) in [6, 6.07) is 16.1. The van der Waals surface area contributed by atoms with Crippen molar-refractivity contribution < 1.29 is 9.53 Å². The first-order chi connectivity index (χ1) is 12.0. The van der Waals surface area contributed by atoms with Crippen molar-refractivity contribution in [1.82, 2.24) is 9.97 Å². The van der Waals surface area contributed by atoms with Crippen molar-refractivity contribution in [1.29, 1.82) is 0 Å². The van der Waals surface area contributed by atoms with E-state index in [1.807, 2.05) is 31.2 Å². The molecule has 0 spiro atoms. The first kappa shape index (κ1) is 16.4. The van der Waals surface area contributed by atoms with Crippen LogP contribution in [0.4, 0.5) is 5.69 Å². The zero-order chi connectivity index (χ0) is 17.8. The number of anilines is 1. The fourth-order valence-corrected chi connectivity index (χ4v) is 2.32. The van der Waals surface area contributed by atoms with Crippen LogP contribution in [0.2, 0.25) is 0 Å². The van der Waals surface area contributed by atoms with Gasteiger partial charge in [0.05, 0.1) is 12.8 Å². The summed E-state index contributed by atoms with van der Waals surface area (Å²) in [7, 11) is 1.57. The van der Waals surface area contributed by atoms with Gasteiger partial charge in [0.1, 0.15) is 11.4 Å². The van der Waals surface area contributed by atoms with Crippen molar-refractivity contribution in [2.45, 2.75) is 6.92 Å². The van der Waals surface area contributed by atoms with E-state index < -0.39 is 11.6 Å². The minimum atomic E-state index is -0.571. The van der Waals surface area contributed by atoms with E-state index in [9.17, 15) is 9.59 Å². The lowest BCUT2D eigenvalue weighted by Gasteiger charge is -2.07. The molecule has 2 aromatic carbocycles. The molecule has 0 atom stereocenters. The molecule has 2 N–H and O–H groups in total. The monoisotopic (exact) mass is 335 g/mol. The molecule has 25 heavy (non-hydrogen) atoms. The van der Waals surface area contributed by atoms with Gasteiger partial charge < -0.3 is 15.0 Å². The molecular formula is C19H17N3O3. The van der Waals surface area contributed by atoms with Gasteiger partial charge in [-0.2, -0.15) is 4.98 Å². The van der Waals surface area contributed by atoms with Crippen LogP contribution in [0.3, 0.4) is 0 Å². The summed E-state index contributed by atoms with van der Waals surface area (Å²) in [5.41, 5.74) is 2.49. The quantitative estimate of drug-likeness (QED) is 0.767. The van der Waals surface area contributed by atoms with Crippen LogP contribution in [0, 0.1) is 6.92 Å². The predicted molar refractivity (Wildman–Crippen MR) is 96.0 cm³/mol. The first-order valence-corrected chi connectivity index (χ1v) is 7.69. The van der Waals surface area contributed by atoms with E-state index in [0.717, 1.165) is 11.1 Å². The van der Waals surface area contributed by atoms with Crippen molar-refractivity contribution in [3.8, 4) is 17.0 Å². The summed E-state index contributed by atoms with van der Waals surface area (Å²) in [6.45, 7) is 1.97. The molecule has 0 saturated heterocycles. The number of aromatic nitrogens is 2. The standard InChI is InChI=1S/C19H17N3O3/c1-12-3-5-13(6-4-12)16-11-17(22-19(24)21-16)18(23)20-14-7-9-15(25-2)10-8-14/h3-11H,1-2H3,(H,20,23)(H,21,22,24). The molecular weight excluding hydrogens is 318 g/mol. The molecule has 6 heteroatoms. The van der Waals surface area contributed by atoms with Gasteiger partial charge in [0, 0.05) is 11.3 Å². The average Bonchev–Trinajstić information content (AvgIpc) is 2.62. The van der Waals surface area contributed by atoms with E-state index >= 15 is 0 Å². The summed E-state index contributed by atoms with van der Waals surface area (Å²) in [5.74, 6) is 0.273. The van der Waals surface area contributed by atoms with Crippen molar-refractivity contribution in [3.63, 3.8) is 0 Å². The topological polar surface area (TPSA) is 84.1 Å². The molecule has 1 aromatic heterocycles. The van der Waals surface area contributed by atoms with Crippen LogP contribution >= 0.6 is 0 Å². The lowest BCUT2D eigenvalue weighted by molar-refractivity contribution is 0.102. The predicted octanol–water partition coefficient (Wildman–Crippen LogP) is 3.01. The molecule has 3 rings (SSSR count). The molecule has 126 valence electrons. The van der Waals surface area contributed by atoms with E-state index in [1.54, 1.807) is 37.4 Å². The number of ether oxygens (including phenoxy) is 1. The summed E-state index contributed by atoms with van der Waals surface area (Å²) < 4.78 is 5.08. The SMILES string of the molecule is COc1ccc(NC(=O)c2cc(-c3ccc(C)cc3)nc(=O)[nH]2)cc1. The number of carbonyl (C=O) groups is 1. The second-order valence-corrected chi connectivity index (χ2v) is 5.53. The highest BCUT2D eigenvalue weighted by atomic mass is 16.5. The largest absolute Gasteiger partial charge is 0.497 e. The van der Waals surface area contributed by atoms with Gasteiger partial charge in [-0.25, -0.2) is 4.79 Å². The van der Waals surface area contributed by atoms with Gasteiger partial charge in [-0.15, -0.1) is 0 Å². The number of nitrogens with one attached hydrogen (secondary N) is 2. The Hall–Kier alpha value is -3.41. The molecule has 0 bridgehead atoms. The first-order valence-electron chi connectivity index (χ1n) is 7.69. The van der Waals surface area contributed by atoms with Crippen LogP contribution in [0.25, 0.3) is 11.3 Å². The molecule has 3 aromatic rings. The number of nitrogens with zero attached hydrogens (tertiary/aromatic N) is 1. The molecule has 0 aliphatic heterocycles. The van der Waals surface area contributed by atoms with Crippen LogP contribution in [0.5, 0.6) is 5.75 Å². The smallest absolute Gasteiger partial charge is 0.346 e. The van der Waals surface area contributed by atoms with Gasteiger partial charge in [0.25, 0.3) is 5.91 Å². The molecule has 1 heterocycles. The lowest BCUT2D eigenvalue weighted by Crippen LogP contribution is -2.21. The Bertz CT molecular complexity index is 945. The van der Waals surface area contributed by atoms with Gasteiger partial charge in [0.2, 0.25) is 0 Å². The summed E-state index contributed by atoms with van der Waals surface area (Å²) >= 11 is 0. The van der Waals surface area contributed by atoms with E-state index in [-0.39, 0.29) is 5.69 Å². The number of hydrogen-bond acceptors (Lipinski definition) is 4. The molecule has 0 saturated carbocycles. The summed E-state index contributed by atoms with van der Waals surface area (Å²) in [4.78, 5) is 30.7. The molecule has 6 nitrogen and oxygen atoms in total. The number of aromatic amines is 1. The average molecular weight is 335 g/mol. The Morgan fingerprint density at radius 1 is 1.08 bits per heavy atom. The van der Waals surface area contributed by atoms with Gasteiger partial charge >= 0.3 is 5.69 Å². The number of benzene rings is 2. The number of rotatable bonds is 4. The van der Waals surface area contributed by atoms with Crippen molar-refractivity contribution in [2.24, 2.45) is 0 Å². The van der Waals surface area contributed by atoms with Crippen molar-refractivity contribution in [2.75, 3.05) is 12.4 Å². The number of methoxy groups -OCH3 is 1. The fraction of sp³-hybridized carbons (Fsp3) is 0.105. The van der Waals surface area contributed by atoms with E-state index in [0.29, 0.717) is 17.1 Å². The van der Waals surface area contributed by atoms with Crippen LogP contribution in [0.1, 0.15) is 16.1 Å². The Balaban J connectivity index is 1.87. The number of amides is 1. The van der Waals surface area contributed by atoms with Crippen molar-refractivity contribution >= 4 is 11.6 Å². The minimum Gasteiger partial charge on any atom is -0.497 e. The zero-order valence-corrected chi connectivity index (χ0v) is 13.9. The fourth-order valence-electron chi connectivity index (χ4n) is 2.32. The highest BCUT2D eigenvalue weighted by Gasteiger charge is 2.11. The maximum Gasteiger partial charge on any atom is 0.346 e. The lowest BCUT2D eigenvalue weighted by atomic mass is 10.1. The summed E-state index contributed by atoms with van der Waals surface area (Å²) in [6.07, 6.45) is 0. The highest BCUT2D eigenvalue weighted by molar-refractivity contribution is 6.03. The zero-order valence-electron chi connectivity index (χ0n) is 13.9. The third-order valence-electron chi connectivity index (χ3n) is 3.68. The maximum absolute atomic E-state index is 12.4. The summed E-state index contributed by atoms with van der Waals surface area (Å²) in [5, 5.41) is 2.73. The van der Waals surface area contributed by atoms with E-state index in [1.165, 1.54) is 0 Å². The number of carbonyl (C=O) groups excluding carboxylic acids is 1.